The van der Waals surface area contributed by atoms with Crippen LogP contribution in [0.4, 0.5) is 5.69 Å². The molecule has 0 radical (unpaired) electrons. The molecule has 0 amide bonds. The number of aliphatic hydroxyl groups is 2. The van der Waals surface area contributed by atoms with Crippen LogP contribution in [-0.2, 0) is 0 Å². The number of nitrogens with one attached hydrogen (secondary N) is 1. The van der Waals surface area contributed by atoms with E-state index >= 15 is 0 Å². The fourth-order valence-electron chi connectivity index (χ4n) is 2.98. The molecule has 1 aromatic heterocycles. The molecule has 0 bridgehead atoms. The molecule has 1 unspecified atom stereocenters. The summed E-state index contributed by atoms with van der Waals surface area (Å²) in [5.41, 5.74) is 0.843. The van der Waals surface area contributed by atoms with E-state index in [2.05, 4.69) is 15.0 Å². The average Bonchev–Trinajstić information content (AvgIpc) is 2.93. The van der Waals surface area contributed by atoms with Crippen molar-refractivity contribution < 1.29 is 10.2 Å². The van der Waals surface area contributed by atoms with Gasteiger partial charge in [-0.1, -0.05) is 0 Å². The van der Waals surface area contributed by atoms with Crippen molar-refractivity contribution in [2.24, 2.45) is 16.8 Å². The molecule has 2 aliphatic rings. The van der Waals surface area contributed by atoms with Crippen molar-refractivity contribution in [1.82, 2.24) is 9.97 Å². The molecule has 1 aliphatic heterocycles. The summed E-state index contributed by atoms with van der Waals surface area (Å²) in [6.07, 6.45) is 4.01. The first kappa shape index (κ1) is 11.6. The second kappa shape index (κ2) is 4.29. The Labute approximate surface area is 103 Å². The summed E-state index contributed by atoms with van der Waals surface area (Å²) < 4.78 is 0. The fraction of sp³-hybridized carbons (Fsp3) is 0.583. The normalized spacial score (nSPS) is 33.9. The standard InChI is InChI=1S/C12H15N3O3/c16-4-7-1-6(2-9(7)17)8-3-13-11-10(8)14-5-15-12(11)18/h3,5-9,16-17H,1-2,4H2,(H,14,15,18)/t6-,7-,8?,9+/m1/s1. The van der Waals surface area contributed by atoms with Gasteiger partial charge >= 0.3 is 0 Å². The molecule has 1 aromatic rings. The number of fused-ring (bicyclic) bond motifs is 1. The first-order valence-electron chi connectivity index (χ1n) is 6.11. The Morgan fingerprint density at radius 1 is 1.44 bits per heavy atom. The van der Waals surface area contributed by atoms with Gasteiger partial charge in [0.25, 0.3) is 5.56 Å². The molecule has 0 aromatic carbocycles. The Kier molecular flexibility index (Phi) is 2.76. The summed E-state index contributed by atoms with van der Waals surface area (Å²) in [5.74, 6) is 0.0967. The zero-order valence-corrected chi connectivity index (χ0v) is 9.78. The van der Waals surface area contributed by atoms with Crippen molar-refractivity contribution in [2.75, 3.05) is 6.61 Å². The second-order valence-electron chi connectivity index (χ2n) is 5.01. The predicted molar refractivity (Wildman–Crippen MR) is 65.1 cm³/mol. The van der Waals surface area contributed by atoms with Gasteiger partial charge in [-0.15, -0.1) is 0 Å². The van der Waals surface area contributed by atoms with Gasteiger partial charge in [0.15, 0.2) is 0 Å². The van der Waals surface area contributed by atoms with Crippen molar-refractivity contribution in [2.45, 2.75) is 24.9 Å². The summed E-state index contributed by atoms with van der Waals surface area (Å²) >= 11 is 0. The van der Waals surface area contributed by atoms with E-state index in [1.54, 1.807) is 6.21 Å². The molecular weight excluding hydrogens is 234 g/mol. The topological polar surface area (TPSA) is 98.6 Å². The SMILES string of the molecule is O=c1[nH]cnc2c1N=CC2[C@@H]1C[C@H](CO)[C@@H](O)C1. The molecule has 96 valence electrons. The molecule has 1 saturated carbocycles. The third-order valence-electron chi connectivity index (χ3n) is 3.97. The molecule has 2 heterocycles. The number of aromatic nitrogens is 2. The van der Waals surface area contributed by atoms with E-state index in [9.17, 15) is 15.0 Å². The summed E-state index contributed by atoms with van der Waals surface area (Å²) in [4.78, 5) is 22.4. The van der Waals surface area contributed by atoms with Gasteiger partial charge in [0.1, 0.15) is 5.69 Å². The Balaban J connectivity index is 1.88. The summed E-state index contributed by atoms with van der Waals surface area (Å²) in [6.45, 7) is -0.00279. The smallest absolute Gasteiger partial charge is 0.276 e. The molecule has 3 N–H and O–H groups in total. The average molecular weight is 249 g/mol. The van der Waals surface area contributed by atoms with Crippen LogP contribution in [0.15, 0.2) is 16.1 Å². The molecule has 4 atom stereocenters. The number of hydrogen-bond donors (Lipinski definition) is 3. The maximum atomic E-state index is 11.6. The van der Waals surface area contributed by atoms with E-state index in [-0.39, 0.29) is 29.9 Å². The van der Waals surface area contributed by atoms with Crippen molar-refractivity contribution in [3.63, 3.8) is 0 Å². The highest BCUT2D eigenvalue weighted by Crippen LogP contribution is 2.42. The number of hydrogen-bond acceptors (Lipinski definition) is 5. The van der Waals surface area contributed by atoms with Crippen molar-refractivity contribution in [3.05, 3.63) is 22.4 Å². The quantitative estimate of drug-likeness (QED) is 0.684. The van der Waals surface area contributed by atoms with Crippen molar-refractivity contribution in [3.8, 4) is 0 Å². The molecule has 6 nitrogen and oxygen atoms in total. The highest BCUT2D eigenvalue weighted by atomic mass is 16.3. The minimum atomic E-state index is -0.473. The van der Waals surface area contributed by atoms with Crippen molar-refractivity contribution in [1.29, 1.82) is 0 Å². The van der Waals surface area contributed by atoms with Crippen LogP contribution in [0.2, 0.25) is 0 Å². The van der Waals surface area contributed by atoms with Crippen LogP contribution in [0.5, 0.6) is 0 Å². The van der Waals surface area contributed by atoms with Gasteiger partial charge in [0.2, 0.25) is 0 Å². The minimum Gasteiger partial charge on any atom is -0.396 e. The van der Waals surface area contributed by atoms with Gasteiger partial charge in [-0.2, -0.15) is 0 Å². The molecule has 1 fully saturated rings. The lowest BCUT2D eigenvalue weighted by Gasteiger charge is -2.15. The Morgan fingerprint density at radius 2 is 2.28 bits per heavy atom. The maximum absolute atomic E-state index is 11.6. The van der Waals surface area contributed by atoms with Gasteiger partial charge in [-0.3, -0.25) is 9.79 Å². The lowest BCUT2D eigenvalue weighted by Crippen LogP contribution is -2.16. The zero-order chi connectivity index (χ0) is 12.7. The van der Waals surface area contributed by atoms with Gasteiger partial charge in [0.05, 0.1) is 18.1 Å². The van der Waals surface area contributed by atoms with Crippen LogP contribution >= 0.6 is 0 Å². The monoisotopic (exact) mass is 249 g/mol. The molecule has 6 heteroatoms. The minimum absolute atomic E-state index is 0.00279. The predicted octanol–water partition coefficient (Wildman–Crippen LogP) is -0.0512. The third-order valence-corrected chi connectivity index (χ3v) is 3.97. The largest absolute Gasteiger partial charge is 0.396 e. The number of aliphatic hydroxyl groups excluding tert-OH is 2. The van der Waals surface area contributed by atoms with Crippen LogP contribution < -0.4 is 5.56 Å². The zero-order valence-electron chi connectivity index (χ0n) is 9.78. The van der Waals surface area contributed by atoms with Crippen LogP contribution in [0, 0.1) is 11.8 Å². The molecule has 3 rings (SSSR count). The highest BCUT2D eigenvalue weighted by molar-refractivity contribution is 5.79. The Hall–Kier alpha value is -1.53. The molecular formula is C12H15N3O3. The van der Waals surface area contributed by atoms with E-state index < -0.39 is 6.10 Å². The molecule has 0 spiro atoms. The van der Waals surface area contributed by atoms with E-state index in [1.807, 2.05) is 0 Å². The number of aliphatic imine (C=N–C) groups is 1. The van der Waals surface area contributed by atoms with Crippen LogP contribution in [0.1, 0.15) is 24.5 Å². The van der Waals surface area contributed by atoms with E-state index in [0.717, 1.165) is 6.42 Å². The number of H-pyrrole nitrogens is 1. The summed E-state index contributed by atoms with van der Waals surface area (Å²) in [6, 6.07) is 0. The number of rotatable bonds is 2. The molecule has 1 aliphatic carbocycles. The van der Waals surface area contributed by atoms with Gasteiger partial charge < -0.3 is 15.2 Å². The van der Waals surface area contributed by atoms with Crippen LogP contribution in [0.3, 0.4) is 0 Å². The summed E-state index contributed by atoms with van der Waals surface area (Å²) in [5, 5.41) is 19.0. The fourth-order valence-corrected chi connectivity index (χ4v) is 2.98. The first-order valence-corrected chi connectivity index (χ1v) is 6.11. The molecule has 18 heavy (non-hydrogen) atoms. The van der Waals surface area contributed by atoms with Crippen LogP contribution in [-0.4, -0.2) is 39.1 Å². The summed E-state index contributed by atoms with van der Waals surface area (Å²) in [7, 11) is 0. The second-order valence-corrected chi connectivity index (χ2v) is 5.01. The lowest BCUT2D eigenvalue weighted by molar-refractivity contribution is 0.0906. The van der Waals surface area contributed by atoms with Gasteiger partial charge in [-0.05, 0) is 18.8 Å². The number of nitrogens with zero attached hydrogens (tertiary/aromatic N) is 2. The van der Waals surface area contributed by atoms with Gasteiger partial charge in [-0.25, -0.2) is 4.98 Å². The Bertz CT molecular complexity index is 540. The van der Waals surface area contributed by atoms with E-state index in [4.69, 9.17) is 0 Å². The maximum Gasteiger partial charge on any atom is 0.276 e. The Morgan fingerprint density at radius 3 is 3.00 bits per heavy atom. The van der Waals surface area contributed by atoms with E-state index in [1.165, 1.54) is 6.33 Å². The number of aromatic amines is 1. The third kappa shape index (κ3) is 1.69. The highest BCUT2D eigenvalue weighted by Gasteiger charge is 2.39. The van der Waals surface area contributed by atoms with Crippen molar-refractivity contribution >= 4 is 11.9 Å². The van der Waals surface area contributed by atoms with Gasteiger partial charge in [0, 0.05) is 24.7 Å². The molecule has 0 saturated heterocycles. The first-order chi connectivity index (χ1) is 8.70. The lowest BCUT2D eigenvalue weighted by atomic mass is 9.89. The van der Waals surface area contributed by atoms with Crippen LogP contribution in [0.25, 0.3) is 0 Å². The van der Waals surface area contributed by atoms with E-state index in [0.29, 0.717) is 17.8 Å².